The van der Waals surface area contributed by atoms with Crippen molar-refractivity contribution < 1.29 is 9.13 Å². The topological polar surface area (TPSA) is 27.1 Å². The molecular formula is C15H17Cl2FN2O. The van der Waals surface area contributed by atoms with Gasteiger partial charge in [-0.2, -0.15) is 0 Å². The van der Waals surface area contributed by atoms with Crippen LogP contribution in [-0.4, -0.2) is 22.3 Å². The maximum absolute atomic E-state index is 13.9. The van der Waals surface area contributed by atoms with Gasteiger partial charge in [0.2, 0.25) is 0 Å². The van der Waals surface area contributed by atoms with Gasteiger partial charge in [-0.1, -0.05) is 11.6 Å². The number of rotatable bonds is 2. The lowest BCUT2D eigenvalue weighted by Crippen LogP contribution is -2.26. The normalized spacial score (nSPS) is 24.4. The summed E-state index contributed by atoms with van der Waals surface area (Å²) in [5, 5.41) is -0.168. The number of hydrogen-bond acceptors (Lipinski definition) is 2. The molecule has 0 saturated carbocycles. The molecule has 0 N–H and O–H groups in total. The van der Waals surface area contributed by atoms with Crippen LogP contribution < -0.4 is 0 Å². The van der Waals surface area contributed by atoms with Gasteiger partial charge in [0.25, 0.3) is 0 Å². The molecule has 1 fully saturated rings. The Morgan fingerprint density at radius 3 is 2.90 bits per heavy atom. The number of imidazole rings is 1. The highest BCUT2D eigenvalue weighted by Gasteiger charge is 2.27. The number of halogens is 3. The Morgan fingerprint density at radius 1 is 1.48 bits per heavy atom. The summed E-state index contributed by atoms with van der Waals surface area (Å²) in [5.74, 6) is 0.326. The Bertz CT molecular complexity index is 671. The summed E-state index contributed by atoms with van der Waals surface area (Å²) < 4.78 is 21.5. The first kappa shape index (κ1) is 15.1. The minimum atomic E-state index is -0.431. The van der Waals surface area contributed by atoms with Gasteiger partial charge < -0.3 is 9.30 Å². The van der Waals surface area contributed by atoms with Gasteiger partial charge in [0.05, 0.1) is 27.5 Å². The summed E-state index contributed by atoms with van der Waals surface area (Å²) in [6, 6.07) is 3.23. The van der Waals surface area contributed by atoms with E-state index in [2.05, 4.69) is 9.55 Å². The lowest BCUT2D eigenvalue weighted by molar-refractivity contribution is 0.00621. The van der Waals surface area contributed by atoms with Crippen LogP contribution in [0.15, 0.2) is 12.1 Å². The van der Waals surface area contributed by atoms with E-state index in [0.29, 0.717) is 12.1 Å². The van der Waals surface area contributed by atoms with Crippen molar-refractivity contribution in [1.29, 1.82) is 0 Å². The van der Waals surface area contributed by atoms with Crippen molar-refractivity contribution >= 4 is 34.2 Å². The predicted molar refractivity (Wildman–Crippen MR) is 82.7 cm³/mol. The van der Waals surface area contributed by atoms with Crippen molar-refractivity contribution in [1.82, 2.24) is 9.55 Å². The Kier molecular flexibility index (Phi) is 4.12. The molecule has 1 aliphatic rings. The Hall–Kier alpha value is -0.840. The molecule has 3 unspecified atom stereocenters. The van der Waals surface area contributed by atoms with E-state index >= 15 is 0 Å². The Labute approximate surface area is 133 Å². The van der Waals surface area contributed by atoms with Gasteiger partial charge in [-0.05, 0) is 32.8 Å². The monoisotopic (exact) mass is 330 g/mol. The van der Waals surface area contributed by atoms with E-state index in [1.807, 2.05) is 13.8 Å². The first-order chi connectivity index (χ1) is 9.97. The zero-order chi connectivity index (χ0) is 15.1. The lowest BCUT2D eigenvalue weighted by Gasteiger charge is -2.30. The molecule has 1 aromatic carbocycles. The van der Waals surface area contributed by atoms with E-state index in [0.717, 1.165) is 24.2 Å². The molecule has 21 heavy (non-hydrogen) atoms. The summed E-state index contributed by atoms with van der Waals surface area (Å²) in [4.78, 5) is 4.55. The van der Waals surface area contributed by atoms with Gasteiger partial charge >= 0.3 is 0 Å². The fourth-order valence-corrected chi connectivity index (χ4v) is 3.29. The molecule has 1 aliphatic heterocycles. The third-order valence-corrected chi connectivity index (χ3v) is 4.42. The second-order valence-corrected chi connectivity index (χ2v) is 6.63. The third kappa shape index (κ3) is 2.77. The van der Waals surface area contributed by atoms with Crippen molar-refractivity contribution in [2.45, 2.75) is 44.2 Å². The van der Waals surface area contributed by atoms with Gasteiger partial charge in [-0.25, -0.2) is 9.37 Å². The quantitative estimate of drug-likeness (QED) is 0.734. The Morgan fingerprint density at radius 2 is 2.24 bits per heavy atom. The van der Waals surface area contributed by atoms with Crippen LogP contribution in [0.4, 0.5) is 4.39 Å². The van der Waals surface area contributed by atoms with Crippen LogP contribution in [0.3, 0.4) is 0 Å². The van der Waals surface area contributed by atoms with E-state index in [-0.39, 0.29) is 22.5 Å². The number of ether oxygens (including phenoxy) is 1. The van der Waals surface area contributed by atoms with E-state index in [9.17, 15) is 4.39 Å². The maximum Gasteiger partial charge on any atom is 0.144 e. The van der Waals surface area contributed by atoms with Crippen LogP contribution in [0, 0.1) is 5.82 Å². The number of fused-ring (bicyclic) bond motifs is 1. The number of benzene rings is 1. The fraction of sp³-hybridized carbons (Fsp3) is 0.533. The number of alkyl halides is 1. The van der Waals surface area contributed by atoms with Crippen molar-refractivity contribution in [2.24, 2.45) is 0 Å². The van der Waals surface area contributed by atoms with Gasteiger partial charge in [0.1, 0.15) is 11.6 Å². The van der Waals surface area contributed by atoms with Gasteiger partial charge in [0.15, 0.2) is 0 Å². The van der Waals surface area contributed by atoms with Crippen LogP contribution in [0.5, 0.6) is 0 Å². The largest absolute Gasteiger partial charge is 0.378 e. The first-order valence-electron chi connectivity index (χ1n) is 7.10. The van der Waals surface area contributed by atoms with E-state index in [4.69, 9.17) is 27.9 Å². The van der Waals surface area contributed by atoms with E-state index < -0.39 is 5.82 Å². The second-order valence-electron chi connectivity index (χ2n) is 5.57. The van der Waals surface area contributed by atoms with Crippen LogP contribution in [0.25, 0.3) is 11.0 Å². The molecule has 0 radical (unpaired) electrons. The van der Waals surface area contributed by atoms with E-state index in [1.54, 1.807) is 6.07 Å². The second kappa shape index (κ2) is 5.75. The highest BCUT2D eigenvalue weighted by Crippen LogP contribution is 2.35. The molecule has 1 saturated heterocycles. The van der Waals surface area contributed by atoms with Crippen molar-refractivity contribution in [3.63, 3.8) is 0 Å². The molecule has 6 heteroatoms. The first-order valence-corrected chi connectivity index (χ1v) is 7.91. The number of nitrogens with zero attached hydrogens (tertiary/aromatic N) is 2. The number of aromatic nitrogens is 2. The van der Waals surface area contributed by atoms with Crippen LogP contribution in [-0.2, 0) is 4.74 Å². The molecule has 3 rings (SSSR count). The van der Waals surface area contributed by atoms with Crippen LogP contribution >= 0.6 is 23.2 Å². The molecule has 3 nitrogen and oxygen atoms in total. The predicted octanol–water partition coefficient (Wildman–Crippen LogP) is 4.87. The zero-order valence-electron chi connectivity index (χ0n) is 11.9. The van der Waals surface area contributed by atoms with Gasteiger partial charge in [-0.15, -0.1) is 11.6 Å². The van der Waals surface area contributed by atoms with Gasteiger partial charge in [0, 0.05) is 18.7 Å². The number of hydrogen-bond donors (Lipinski definition) is 0. The minimum Gasteiger partial charge on any atom is -0.378 e. The highest BCUT2D eigenvalue weighted by atomic mass is 35.5. The summed E-state index contributed by atoms with van der Waals surface area (Å²) in [7, 11) is 0. The summed E-state index contributed by atoms with van der Waals surface area (Å²) in [5.41, 5.74) is 1.43. The van der Waals surface area contributed by atoms with Gasteiger partial charge in [-0.3, -0.25) is 0 Å². The van der Waals surface area contributed by atoms with E-state index in [1.165, 1.54) is 6.07 Å². The molecular weight excluding hydrogens is 314 g/mol. The molecule has 0 bridgehead atoms. The van der Waals surface area contributed by atoms with Crippen molar-refractivity contribution in [3.05, 3.63) is 28.8 Å². The molecule has 0 aliphatic carbocycles. The fourth-order valence-electron chi connectivity index (χ4n) is 2.98. The molecule has 0 spiro atoms. The SMILES string of the molecule is CC1CC(n2c(C(C)Cl)nc3cc(Cl)c(F)cc32)CCO1. The minimum absolute atomic E-state index is 0.0845. The smallest absolute Gasteiger partial charge is 0.144 e. The molecule has 2 heterocycles. The summed E-state index contributed by atoms with van der Waals surface area (Å²) in [6.07, 6.45) is 1.92. The summed E-state index contributed by atoms with van der Waals surface area (Å²) in [6.45, 7) is 4.62. The molecule has 2 aromatic rings. The molecule has 1 aromatic heterocycles. The average Bonchev–Trinajstić information content (AvgIpc) is 2.78. The van der Waals surface area contributed by atoms with Crippen LogP contribution in [0.2, 0.25) is 5.02 Å². The molecule has 0 amide bonds. The van der Waals surface area contributed by atoms with Crippen molar-refractivity contribution in [3.8, 4) is 0 Å². The summed E-state index contributed by atoms with van der Waals surface area (Å²) >= 11 is 12.1. The highest BCUT2D eigenvalue weighted by molar-refractivity contribution is 6.31. The van der Waals surface area contributed by atoms with Crippen LogP contribution in [0.1, 0.15) is 43.9 Å². The third-order valence-electron chi connectivity index (χ3n) is 3.94. The standard InChI is InChI=1S/C15H17Cl2FN2O/c1-8-5-10(3-4-21-8)20-14-7-12(18)11(17)6-13(14)19-15(20)9(2)16/h6-10H,3-5H2,1-2H3. The average molecular weight is 331 g/mol. The Balaban J connectivity index is 2.17. The molecule has 114 valence electrons. The lowest BCUT2D eigenvalue weighted by atomic mass is 10.0. The van der Waals surface area contributed by atoms with Crippen molar-refractivity contribution in [2.75, 3.05) is 6.61 Å². The molecule has 3 atom stereocenters. The maximum atomic E-state index is 13.9. The zero-order valence-corrected chi connectivity index (χ0v) is 13.5.